The Kier molecular flexibility index (Phi) is 4.58. The van der Waals surface area contributed by atoms with E-state index in [0.717, 1.165) is 13.0 Å². The normalized spacial score (nSPS) is 26.1. The lowest BCUT2D eigenvalue weighted by atomic mass is 9.94. The molecule has 0 heterocycles. The summed E-state index contributed by atoms with van der Waals surface area (Å²) < 4.78 is 0. The van der Waals surface area contributed by atoms with Gasteiger partial charge in [-0.3, -0.25) is 0 Å². The summed E-state index contributed by atoms with van der Waals surface area (Å²) in [7, 11) is 0. The summed E-state index contributed by atoms with van der Waals surface area (Å²) in [5.41, 5.74) is -0.982. The maximum Gasteiger partial charge on any atom is 0.0972 e. The number of nitrogens with one attached hydrogen (secondary N) is 1. The highest BCUT2D eigenvalue weighted by atomic mass is 16.3. The molecule has 0 aromatic carbocycles. The van der Waals surface area contributed by atoms with Crippen LogP contribution in [0.5, 0.6) is 0 Å². The van der Waals surface area contributed by atoms with Crippen molar-refractivity contribution in [1.82, 2.24) is 5.32 Å². The Balaban J connectivity index is 2.11. The molecule has 0 saturated heterocycles. The van der Waals surface area contributed by atoms with Crippen LogP contribution in [0, 0.1) is 5.92 Å². The van der Waals surface area contributed by atoms with E-state index in [2.05, 4.69) is 17.5 Å². The minimum atomic E-state index is -0.982. The van der Waals surface area contributed by atoms with Crippen LogP contribution in [0.4, 0.5) is 0 Å². The predicted octanol–water partition coefficient (Wildman–Crippen LogP) is 0.676. The van der Waals surface area contributed by atoms with Gasteiger partial charge in [-0.2, -0.15) is 0 Å². The molecule has 0 aromatic rings. The lowest BCUT2D eigenvalue weighted by Crippen LogP contribution is -2.42. The van der Waals surface area contributed by atoms with Gasteiger partial charge in [0.1, 0.15) is 0 Å². The first-order chi connectivity index (χ1) is 6.64. The molecule has 82 valence electrons. The SMILES string of the molecule is CC(O)(CO)CNCC1CC=CCC1. The molecular weight excluding hydrogens is 178 g/mol. The van der Waals surface area contributed by atoms with Crippen LogP contribution in [0.1, 0.15) is 26.2 Å². The zero-order valence-electron chi connectivity index (χ0n) is 8.87. The van der Waals surface area contributed by atoms with E-state index < -0.39 is 5.60 Å². The lowest BCUT2D eigenvalue weighted by Gasteiger charge is -2.23. The van der Waals surface area contributed by atoms with Crippen molar-refractivity contribution in [2.24, 2.45) is 5.92 Å². The highest BCUT2D eigenvalue weighted by Crippen LogP contribution is 2.16. The quantitative estimate of drug-likeness (QED) is 0.571. The standard InChI is InChI=1S/C11H21NO2/c1-11(14,9-13)8-12-7-10-5-3-2-4-6-10/h2-3,10,12-14H,4-9H2,1H3. The third-order valence-electron chi connectivity index (χ3n) is 2.66. The highest BCUT2D eigenvalue weighted by molar-refractivity contribution is 4.90. The van der Waals surface area contributed by atoms with Crippen molar-refractivity contribution < 1.29 is 10.2 Å². The van der Waals surface area contributed by atoms with Crippen LogP contribution in [-0.4, -0.2) is 35.5 Å². The Morgan fingerprint density at radius 2 is 2.29 bits per heavy atom. The summed E-state index contributed by atoms with van der Waals surface area (Å²) in [5.74, 6) is 0.689. The fraction of sp³-hybridized carbons (Fsp3) is 0.818. The van der Waals surface area contributed by atoms with Crippen LogP contribution < -0.4 is 5.32 Å². The molecule has 1 aliphatic rings. The summed E-state index contributed by atoms with van der Waals surface area (Å²) >= 11 is 0. The van der Waals surface area contributed by atoms with E-state index in [-0.39, 0.29) is 6.61 Å². The zero-order chi connectivity index (χ0) is 10.4. The number of aliphatic hydroxyl groups excluding tert-OH is 1. The number of rotatable bonds is 5. The van der Waals surface area contributed by atoms with Crippen LogP contribution >= 0.6 is 0 Å². The molecule has 0 aliphatic heterocycles. The zero-order valence-corrected chi connectivity index (χ0v) is 8.87. The minimum Gasteiger partial charge on any atom is -0.393 e. The molecule has 3 N–H and O–H groups in total. The predicted molar refractivity (Wildman–Crippen MR) is 57.1 cm³/mol. The third-order valence-corrected chi connectivity index (χ3v) is 2.66. The second-order valence-electron chi connectivity index (χ2n) is 4.44. The van der Waals surface area contributed by atoms with Crippen molar-refractivity contribution >= 4 is 0 Å². The Morgan fingerprint density at radius 3 is 2.86 bits per heavy atom. The molecule has 0 amide bonds. The van der Waals surface area contributed by atoms with Crippen molar-refractivity contribution in [3.05, 3.63) is 12.2 Å². The molecule has 2 atom stereocenters. The Morgan fingerprint density at radius 1 is 1.50 bits per heavy atom. The molecule has 2 unspecified atom stereocenters. The number of hydrogen-bond donors (Lipinski definition) is 3. The minimum absolute atomic E-state index is 0.190. The van der Waals surface area contributed by atoms with Crippen molar-refractivity contribution in [2.75, 3.05) is 19.7 Å². The van der Waals surface area contributed by atoms with Gasteiger partial charge < -0.3 is 15.5 Å². The highest BCUT2D eigenvalue weighted by Gasteiger charge is 2.19. The molecule has 0 fully saturated rings. The van der Waals surface area contributed by atoms with Gasteiger partial charge in [0.25, 0.3) is 0 Å². The van der Waals surface area contributed by atoms with E-state index in [1.807, 2.05) is 0 Å². The van der Waals surface area contributed by atoms with Gasteiger partial charge >= 0.3 is 0 Å². The Bertz CT molecular complexity index is 190. The van der Waals surface area contributed by atoms with E-state index in [1.165, 1.54) is 12.8 Å². The number of hydrogen-bond acceptors (Lipinski definition) is 3. The molecule has 0 aromatic heterocycles. The first-order valence-corrected chi connectivity index (χ1v) is 5.33. The molecule has 3 heteroatoms. The molecule has 0 radical (unpaired) electrons. The van der Waals surface area contributed by atoms with Crippen LogP contribution in [0.25, 0.3) is 0 Å². The Labute approximate surface area is 85.8 Å². The van der Waals surface area contributed by atoms with Crippen LogP contribution in [0.15, 0.2) is 12.2 Å². The second-order valence-corrected chi connectivity index (χ2v) is 4.44. The van der Waals surface area contributed by atoms with Gasteiger partial charge in [0.15, 0.2) is 0 Å². The van der Waals surface area contributed by atoms with Crippen LogP contribution in [0.3, 0.4) is 0 Å². The largest absolute Gasteiger partial charge is 0.393 e. The van der Waals surface area contributed by atoms with Crippen molar-refractivity contribution in [3.63, 3.8) is 0 Å². The van der Waals surface area contributed by atoms with E-state index in [9.17, 15) is 5.11 Å². The summed E-state index contributed by atoms with van der Waals surface area (Å²) in [6, 6.07) is 0. The fourth-order valence-corrected chi connectivity index (χ4v) is 1.64. The van der Waals surface area contributed by atoms with E-state index >= 15 is 0 Å². The van der Waals surface area contributed by atoms with Gasteiger partial charge in [-0.25, -0.2) is 0 Å². The van der Waals surface area contributed by atoms with Crippen molar-refractivity contribution in [1.29, 1.82) is 0 Å². The smallest absolute Gasteiger partial charge is 0.0972 e. The van der Waals surface area contributed by atoms with Gasteiger partial charge in [0.2, 0.25) is 0 Å². The number of allylic oxidation sites excluding steroid dienone is 2. The molecule has 0 bridgehead atoms. The average Bonchev–Trinajstić information content (AvgIpc) is 2.19. The van der Waals surface area contributed by atoms with Gasteiger partial charge in [-0.1, -0.05) is 12.2 Å². The van der Waals surface area contributed by atoms with Crippen LogP contribution in [0.2, 0.25) is 0 Å². The molecule has 0 spiro atoms. The molecule has 1 aliphatic carbocycles. The average molecular weight is 199 g/mol. The fourth-order valence-electron chi connectivity index (χ4n) is 1.64. The summed E-state index contributed by atoms with van der Waals surface area (Å²) in [4.78, 5) is 0. The topological polar surface area (TPSA) is 52.5 Å². The summed E-state index contributed by atoms with van der Waals surface area (Å²) in [6.45, 7) is 2.84. The van der Waals surface area contributed by atoms with Gasteiger partial charge in [-0.05, 0) is 38.6 Å². The third kappa shape index (κ3) is 4.22. The molecule has 1 rings (SSSR count). The van der Waals surface area contributed by atoms with Gasteiger partial charge in [0, 0.05) is 6.54 Å². The van der Waals surface area contributed by atoms with E-state index in [4.69, 9.17) is 5.11 Å². The first-order valence-electron chi connectivity index (χ1n) is 5.33. The second kappa shape index (κ2) is 5.49. The monoisotopic (exact) mass is 199 g/mol. The molecule has 0 saturated carbocycles. The van der Waals surface area contributed by atoms with Crippen molar-refractivity contribution in [3.8, 4) is 0 Å². The van der Waals surface area contributed by atoms with E-state index in [0.29, 0.717) is 12.5 Å². The van der Waals surface area contributed by atoms with Crippen LogP contribution in [-0.2, 0) is 0 Å². The van der Waals surface area contributed by atoms with Gasteiger partial charge in [-0.15, -0.1) is 0 Å². The first kappa shape index (κ1) is 11.7. The molecule has 3 nitrogen and oxygen atoms in total. The maximum atomic E-state index is 9.53. The van der Waals surface area contributed by atoms with E-state index in [1.54, 1.807) is 6.92 Å². The lowest BCUT2D eigenvalue weighted by molar-refractivity contribution is 0.00218. The van der Waals surface area contributed by atoms with Gasteiger partial charge in [0.05, 0.1) is 12.2 Å². The maximum absolute atomic E-state index is 9.53. The summed E-state index contributed by atoms with van der Waals surface area (Å²) in [5, 5.41) is 21.6. The van der Waals surface area contributed by atoms with Crippen molar-refractivity contribution in [2.45, 2.75) is 31.8 Å². The number of aliphatic hydroxyl groups is 2. The molecular formula is C11H21NO2. The molecule has 14 heavy (non-hydrogen) atoms. The Hall–Kier alpha value is -0.380. The summed E-state index contributed by atoms with van der Waals surface area (Å²) in [6.07, 6.45) is 7.97.